The molecule has 27 heavy (non-hydrogen) atoms. The molecule has 0 amide bonds. The fourth-order valence-electron chi connectivity index (χ4n) is 4.99. The topological polar surface area (TPSA) is 63.9 Å². The summed E-state index contributed by atoms with van der Waals surface area (Å²) in [7, 11) is 0. The number of nitrogens with zero attached hydrogens (tertiary/aromatic N) is 5. The molecule has 0 aromatic carbocycles. The fraction of sp³-hybridized carbons (Fsp3) is 0.619. The lowest BCUT2D eigenvalue weighted by molar-refractivity contribution is 0.471. The molecule has 1 fully saturated rings. The van der Waals surface area contributed by atoms with Crippen LogP contribution in [0.25, 0.3) is 0 Å². The van der Waals surface area contributed by atoms with E-state index in [2.05, 4.69) is 14.9 Å². The van der Waals surface area contributed by atoms with Gasteiger partial charge >= 0.3 is 0 Å². The number of fused-ring (bicyclic) bond motifs is 2. The van der Waals surface area contributed by atoms with E-state index >= 15 is 0 Å². The second-order valence-corrected chi connectivity index (χ2v) is 8.16. The van der Waals surface area contributed by atoms with Crippen molar-refractivity contribution in [2.45, 2.75) is 76.8 Å². The van der Waals surface area contributed by atoms with Gasteiger partial charge in [-0.15, -0.1) is 0 Å². The third-order valence-corrected chi connectivity index (χ3v) is 6.41. The van der Waals surface area contributed by atoms with E-state index in [1.54, 1.807) is 11.0 Å². The van der Waals surface area contributed by atoms with Crippen LogP contribution in [0.3, 0.4) is 0 Å². The van der Waals surface area contributed by atoms with E-state index in [-0.39, 0.29) is 11.6 Å². The molecule has 0 N–H and O–H groups in total. The van der Waals surface area contributed by atoms with Gasteiger partial charge in [-0.1, -0.05) is 0 Å². The summed E-state index contributed by atoms with van der Waals surface area (Å²) in [5.74, 6) is 1.10. The molecule has 2 aromatic heterocycles. The maximum absolute atomic E-state index is 12.6. The molecule has 0 spiro atoms. The molecular formula is C21H27N5O. The van der Waals surface area contributed by atoms with E-state index in [1.165, 1.54) is 36.9 Å². The highest BCUT2D eigenvalue weighted by Crippen LogP contribution is 2.32. The maximum Gasteiger partial charge on any atom is 0.267 e. The van der Waals surface area contributed by atoms with Crippen molar-refractivity contribution in [3.63, 3.8) is 0 Å². The zero-order valence-corrected chi connectivity index (χ0v) is 15.9. The second kappa shape index (κ2) is 7.06. The first-order valence-corrected chi connectivity index (χ1v) is 10.5. The Hall–Kier alpha value is -2.24. The molecule has 0 bridgehead atoms. The summed E-state index contributed by atoms with van der Waals surface area (Å²) in [6, 6.07) is 2.12. The van der Waals surface area contributed by atoms with Crippen LogP contribution in [-0.4, -0.2) is 32.3 Å². The lowest BCUT2D eigenvalue weighted by atomic mass is 9.96. The third kappa shape index (κ3) is 3.15. The Bertz CT molecular complexity index is 906. The summed E-state index contributed by atoms with van der Waals surface area (Å²) in [5.41, 5.74) is 4.90. The first-order valence-electron chi connectivity index (χ1n) is 10.5. The smallest absolute Gasteiger partial charge is 0.267 e. The Balaban J connectivity index is 1.44. The molecule has 6 nitrogen and oxygen atoms in total. The van der Waals surface area contributed by atoms with E-state index in [1.807, 2.05) is 6.07 Å². The van der Waals surface area contributed by atoms with Crippen LogP contribution in [0.2, 0.25) is 0 Å². The Labute approximate surface area is 159 Å². The van der Waals surface area contributed by atoms with Gasteiger partial charge in [-0.05, 0) is 69.8 Å². The summed E-state index contributed by atoms with van der Waals surface area (Å²) in [6.07, 6.45) is 12.9. The van der Waals surface area contributed by atoms with Gasteiger partial charge in [0.15, 0.2) is 0 Å². The molecule has 1 atom stereocenters. The summed E-state index contributed by atoms with van der Waals surface area (Å²) < 4.78 is 1.71. The first-order chi connectivity index (χ1) is 13.3. The average Bonchev–Trinajstić information content (AvgIpc) is 3.16. The maximum atomic E-state index is 12.6. The van der Waals surface area contributed by atoms with Crippen LogP contribution in [0, 0.1) is 0 Å². The number of rotatable bonds is 3. The molecule has 0 radical (unpaired) electrons. The van der Waals surface area contributed by atoms with Crippen LogP contribution in [-0.2, 0) is 32.2 Å². The van der Waals surface area contributed by atoms with Gasteiger partial charge in [0.1, 0.15) is 12.1 Å². The number of anilines is 1. The zero-order valence-electron chi connectivity index (χ0n) is 15.9. The van der Waals surface area contributed by atoms with Crippen molar-refractivity contribution in [3.8, 4) is 0 Å². The van der Waals surface area contributed by atoms with Crippen LogP contribution in [0.15, 0.2) is 17.2 Å². The standard InChI is InChI=1S/C21H27N5O/c27-20-12-15-6-1-3-9-18(15)24-26(20)13-16-7-5-11-25(16)21-17-8-2-4-10-19(17)22-14-23-21/h12,14,16H,1-11,13H2. The highest BCUT2D eigenvalue weighted by Gasteiger charge is 2.30. The molecule has 5 rings (SSSR count). The monoisotopic (exact) mass is 365 g/mol. The van der Waals surface area contributed by atoms with Crippen LogP contribution in [0.1, 0.15) is 61.0 Å². The molecule has 3 aliphatic rings. The molecule has 142 valence electrons. The molecule has 1 saturated heterocycles. The minimum absolute atomic E-state index is 0.0483. The molecule has 2 aromatic rings. The van der Waals surface area contributed by atoms with Crippen molar-refractivity contribution in [1.82, 2.24) is 19.7 Å². The first kappa shape index (κ1) is 16.9. The minimum atomic E-state index is 0.0483. The quantitative estimate of drug-likeness (QED) is 0.836. The van der Waals surface area contributed by atoms with Gasteiger partial charge in [0.2, 0.25) is 0 Å². The van der Waals surface area contributed by atoms with Gasteiger partial charge in [0.05, 0.1) is 18.3 Å². The van der Waals surface area contributed by atoms with E-state index < -0.39 is 0 Å². The summed E-state index contributed by atoms with van der Waals surface area (Å²) in [4.78, 5) is 24.2. The Morgan fingerprint density at radius 2 is 1.78 bits per heavy atom. The van der Waals surface area contributed by atoms with Gasteiger partial charge in [-0.2, -0.15) is 5.10 Å². The predicted molar refractivity (Wildman–Crippen MR) is 104 cm³/mol. The van der Waals surface area contributed by atoms with Crippen molar-refractivity contribution in [3.05, 3.63) is 45.3 Å². The van der Waals surface area contributed by atoms with Crippen LogP contribution in [0.5, 0.6) is 0 Å². The lowest BCUT2D eigenvalue weighted by Gasteiger charge is -2.29. The van der Waals surface area contributed by atoms with Crippen LogP contribution >= 0.6 is 0 Å². The van der Waals surface area contributed by atoms with Crippen molar-refractivity contribution < 1.29 is 0 Å². The number of hydrogen-bond donors (Lipinski definition) is 0. The molecule has 3 heterocycles. The molecule has 1 aliphatic heterocycles. The van der Waals surface area contributed by atoms with Crippen molar-refractivity contribution in [2.75, 3.05) is 11.4 Å². The highest BCUT2D eigenvalue weighted by atomic mass is 16.1. The van der Waals surface area contributed by atoms with Gasteiger partial charge in [-0.3, -0.25) is 4.79 Å². The predicted octanol–water partition coefficient (Wildman–Crippen LogP) is 2.46. The minimum Gasteiger partial charge on any atom is -0.351 e. The van der Waals surface area contributed by atoms with E-state index in [0.29, 0.717) is 6.54 Å². The van der Waals surface area contributed by atoms with Crippen molar-refractivity contribution in [1.29, 1.82) is 0 Å². The van der Waals surface area contributed by atoms with Gasteiger partial charge in [-0.25, -0.2) is 14.6 Å². The summed E-state index contributed by atoms with van der Waals surface area (Å²) >= 11 is 0. The van der Waals surface area contributed by atoms with Gasteiger partial charge < -0.3 is 4.90 Å². The summed E-state index contributed by atoms with van der Waals surface area (Å²) in [6.45, 7) is 1.67. The number of aromatic nitrogens is 4. The van der Waals surface area contributed by atoms with E-state index in [0.717, 1.165) is 62.1 Å². The zero-order chi connectivity index (χ0) is 18.2. The molecular weight excluding hydrogens is 338 g/mol. The Morgan fingerprint density at radius 3 is 2.70 bits per heavy atom. The average molecular weight is 365 g/mol. The largest absolute Gasteiger partial charge is 0.351 e. The van der Waals surface area contributed by atoms with Crippen LogP contribution in [0.4, 0.5) is 5.82 Å². The SMILES string of the molecule is O=c1cc2c(nn1CC1CCCN1c1ncnc3c1CCCC3)CCCC2. The Morgan fingerprint density at radius 1 is 0.963 bits per heavy atom. The van der Waals surface area contributed by atoms with Crippen LogP contribution < -0.4 is 10.5 Å². The lowest BCUT2D eigenvalue weighted by Crippen LogP contribution is -2.39. The van der Waals surface area contributed by atoms with Gasteiger partial charge in [0.25, 0.3) is 5.56 Å². The molecule has 0 saturated carbocycles. The van der Waals surface area contributed by atoms with E-state index in [4.69, 9.17) is 5.10 Å². The summed E-state index contributed by atoms with van der Waals surface area (Å²) in [5, 5.41) is 4.74. The molecule has 2 aliphatic carbocycles. The van der Waals surface area contributed by atoms with Crippen molar-refractivity contribution >= 4 is 5.82 Å². The second-order valence-electron chi connectivity index (χ2n) is 8.16. The number of aryl methyl sites for hydroxylation is 3. The molecule has 1 unspecified atom stereocenters. The highest BCUT2D eigenvalue weighted by molar-refractivity contribution is 5.51. The normalized spacial score (nSPS) is 21.8. The Kier molecular flexibility index (Phi) is 4.42. The number of hydrogen-bond acceptors (Lipinski definition) is 5. The van der Waals surface area contributed by atoms with E-state index in [9.17, 15) is 4.79 Å². The van der Waals surface area contributed by atoms with Crippen molar-refractivity contribution in [2.24, 2.45) is 0 Å². The van der Waals surface area contributed by atoms with Gasteiger partial charge in [0, 0.05) is 23.9 Å². The third-order valence-electron chi connectivity index (χ3n) is 6.41. The molecule has 6 heteroatoms. The fourth-order valence-corrected chi connectivity index (χ4v) is 4.99.